The van der Waals surface area contributed by atoms with Gasteiger partial charge >= 0.3 is 0 Å². The Bertz CT molecular complexity index is 1230. The number of fused-ring (bicyclic) bond motifs is 2. The van der Waals surface area contributed by atoms with E-state index in [4.69, 9.17) is 9.72 Å². The van der Waals surface area contributed by atoms with E-state index in [1.165, 1.54) is 11.1 Å². The van der Waals surface area contributed by atoms with Crippen molar-refractivity contribution in [1.82, 2.24) is 29.5 Å². The van der Waals surface area contributed by atoms with Crippen molar-refractivity contribution in [2.75, 3.05) is 32.1 Å². The smallest absolute Gasteiger partial charge is 0.229 e. The molecule has 2 aromatic heterocycles. The molecular formula is C25H33N7O3. The van der Waals surface area contributed by atoms with Gasteiger partial charge in [-0.05, 0) is 49.4 Å². The summed E-state index contributed by atoms with van der Waals surface area (Å²) < 4.78 is 7.53. The molecule has 35 heavy (non-hydrogen) atoms. The second-order valence-corrected chi connectivity index (χ2v) is 9.59. The average Bonchev–Trinajstić information content (AvgIpc) is 3.45. The van der Waals surface area contributed by atoms with Crippen molar-refractivity contribution in [2.24, 2.45) is 0 Å². The molecule has 1 amide bonds. The first-order valence-electron chi connectivity index (χ1n) is 12.2. The molecule has 10 nitrogen and oxygen atoms in total. The molecule has 0 radical (unpaired) electrons. The van der Waals surface area contributed by atoms with Gasteiger partial charge in [0, 0.05) is 39.3 Å². The number of hydrogen-bond acceptors (Lipinski definition) is 8. The highest BCUT2D eigenvalue weighted by Gasteiger charge is 2.27. The maximum atomic E-state index is 12.0. The van der Waals surface area contributed by atoms with Gasteiger partial charge in [0.2, 0.25) is 11.9 Å². The fourth-order valence-electron chi connectivity index (χ4n) is 5.26. The van der Waals surface area contributed by atoms with Gasteiger partial charge in [-0.2, -0.15) is 10.1 Å². The summed E-state index contributed by atoms with van der Waals surface area (Å²) >= 11 is 0. The Morgan fingerprint density at radius 2 is 2.14 bits per heavy atom. The lowest BCUT2D eigenvalue weighted by atomic mass is 9.98. The molecule has 2 aliphatic rings. The second-order valence-electron chi connectivity index (χ2n) is 9.59. The highest BCUT2D eigenvalue weighted by atomic mass is 16.5. The number of carbonyl (C=O) groups is 1. The first kappa shape index (κ1) is 23.5. The van der Waals surface area contributed by atoms with Gasteiger partial charge in [-0.1, -0.05) is 0 Å². The van der Waals surface area contributed by atoms with Crippen LogP contribution in [0.25, 0.3) is 11.0 Å². The molecule has 5 rings (SSSR count). The Balaban J connectivity index is 1.39. The molecule has 1 saturated heterocycles. The van der Waals surface area contributed by atoms with Gasteiger partial charge in [-0.15, -0.1) is 0 Å². The van der Waals surface area contributed by atoms with E-state index in [2.05, 4.69) is 32.4 Å². The van der Waals surface area contributed by atoms with Crippen LogP contribution in [0.15, 0.2) is 24.5 Å². The third-order valence-corrected chi connectivity index (χ3v) is 6.92. The molecule has 1 aromatic carbocycles. The average molecular weight is 480 g/mol. The Hall–Kier alpha value is -3.24. The Morgan fingerprint density at radius 3 is 2.91 bits per heavy atom. The minimum Gasteiger partial charge on any atom is -0.495 e. The first-order chi connectivity index (χ1) is 16.9. The number of likely N-dealkylation sites (tertiary alicyclic amines) is 1. The van der Waals surface area contributed by atoms with Crippen molar-refractivity contribution in [3.63, 3.8) is 0 Å². The predicted molar refractivity (Wildman–Crippen MR) is 133 cm³/mol. The molecule has 3 aromatic rings. The molecular weight excluding hydrogens is 446 g/mol. The Kier molecular flexibility index (Phi) is 6.57. The van der Waals surface area contributed by atoms with Crippen LogP contribution in [0.1, 0.15) is 37.8 Å². The van der Waals surface area contributed by atoms with Crippen LogP contribution >= 0.6 is 0 Å². The van der Waals surface area contributed by atoms with Crippen LogP contribution in [0, 0.1) is 0 Å². The number of aromatic nitrogens is 4. The molecule has 1 fully saturated rings. The minimum absolute atomic E-state index is 0.104. The van der Waals surface area contributed by atoms with Crippen molar-refractivity contribution in [3.05, 3.63) is 35.7 Å². The highest BCUT2D eigenvalue weighted by molar-refractivity contribution is 5.76. The number of rotatable bonds is 7. The van der Waals surface area contributed by atoms with E-state index in [9.17, 15) is 9.90 Å². The topological polar surface area (TPSA) is 109 Å². The lowest BCUT2D eigenvalue weighted by Gasteiger charge is -2.30. The van der Waals surface area contributed by atoms with Crippen molar-refractivity contribution in [2.45, 2.75) is 58.3 Å². The molecule has 2 aliphatic heterocycles. The van der Waals surface area contributed by atoms with E-state index in [0.29, 0.717) is 19.0 Å². The number of carbonyl (C=O) groups excluding carboxylic acids is 1. The molecule has 0 aliphatic carbocycles. The molecule has 0 saturated carbocycles. The van der Waals surface area contributed by atoms with Crippen LogP contribution < -0.4 is 10.1 Å². The number of aliphatic hydroxyl groups excluding tert-OH is 1. The Labute approximate surface area is 204 Å². The van der Waals surface area contributed by atoms with Crippen molar-refractivity contribution >= 4 is 28.6 Å². The van der Waals surface area contributed by atoms with Gasteiger partial charge in [-0.3, -0.25) is 9.69 Å². The van der Waals surface area contributed by atoms with Gasteiger partial charge < -0.3 is 20.1 Å². The van der Waals surface area contributed by atoms with Crippen LogP contribution in [0.5, 0.6) is 5.75 Å². The normalized spacial score (nSPS) is 19.1. The maximum Gasteiger partial charge on any atom is 0.229 e. The standard InChI is InChI=1S/C25H33N7O3/c1-16(33)13-30-8-6-18-10-23(35-3)22(9-19(18)14-30)28-25-26-11-20-12-27-32(24(20)29-25)15-21-5-4-7-31(21)17(2)34/h9-12,16,21,33H,4-8,13-15H2,1-3H3,(H,26,28,29). The van der Waals surface area contributed by atoms with E-state index in [0.717, 1.165) is 61.4 Å². The quantitative estimate of drug-likeness (QED) is 0.532. The number of aliphatic hydroxyl groups is 1. The minimum atomic E-state index is -0.357. The zero-order valence-electron chi connectivity index (χ0n) is 20.6. The van der Waals surface area contributed by atoms with Gasteiger partial charge in [-0.25, -0.2) is 9.67 Å². The van der Waals surface area contributed by atoms with Crippen LogP contribution in [-0.2, 0) is 24.3 Å². The monoisotopic (exact) mass is 479 g/mol. The third-order valence-electron chi connectivity index (χ3n) is 6.92. The molecule has 2 unspecified atom stereocenters. The summed E-state index contributed by atoms with van der Waals surface area (Å²) in [5, 5.41) is 18.5. The molecule has 10 heteroatoms. The first-order valence-corrected chi connectivity index (χ1v) is 12.2. The van der Waals surface area contributed by atoms with Gasteiger partial charge in [0.05, 0.1) is 43.1 Å². The lowest BCUT2D eigenvalue weighted by Crippen LogP contribution is -2.36. The zero-order valence-corrected chi connectivity index (χ0v) is 20.6. The summed E-state index contributed by atoms with van der Waals surface area (Å²) in [6, 6.07) is 4.31. The van der Waals surface area contributed by atoms with Crippen molar-refractivity contribution < 1.29 is 14.6 Å². The maximum absolute atomic E-state index is 12.0. The predicted octanol–water partition coefficient (Wildman–Crippen LogP) is 2.33. The van der Waals surface area contributed by atoms with E-state index in [-0.39, 0.29) is 18.1 Å². The summed E-state index contributed by atoms with van der Waals surface area (Å²) in [6.45, 7) is 7.20. The van der Waals surface area contributed by atoms with Crippen molar-refractivity contribution in [1.29, 1.82) is 0 Å². The molecule has 2 N–H and O–H groups in total. The summed E-state index contributed by atoms with van der Waals surface area (Å²) in [7, 11) is 1.66. The zero-order chi connectivity index (χ0) is 24.5. The molecule has 4 heterocycles. The number of methoxy groups -OCH3 is 1. The number of benzene rings is 1. The SMILES string of the molecule is COc1cc2c(cc1Nc1ncc3cnn(CC4CCCN4C(C)=O)c3n1)CN(CC(C)O)CC2. The number of β-amino-alcohol motifs (C(OH)–C–C–N with tert-alkyl or cyclic N) is 1. The highest BCUT2D eigenvalue weighted by Crippen LogP contribution is 2.33. The number of amides is 1. The molecule has 2 atom stereocenters. The molecule has 186 valence electrons. The van der Waals surface area contributed by atoms with Crippen LogP contribution in [0.4, 0.5) is 11.6 Å². The number of hydrogen-bond donors (Lipinski definition) is 2. The number of nitrogens with one attached hydrogen (secondary N) is 1. The summed E-state index contributed by atoms with van der Waals surface area (Å²) in [5.41, 5.74) is 4.00. The Morgan fingerprint density at radius 1 is 1.29 bits per heavy atom. The molecule has 0 spiro atoms. The van der Waals surface area contributed by atoms with Gasteiger partial charge in [0.1, 0.15) is 5.75 Å². The third kappa shape index (κ3) is 4.94. The fraction of sp³-hybridized carbons (Fsp3) is 0.520. The van der Waals surface area contributed by atoms with E-state index >= 15 is 0 Å². The van der Waals surface area contributed by atoms with Crippen LogP contribution in [0.3, 0.4) is 0 Å². The van der Waals surface area contributed by atoms with Crippen LogP contribution in [0.2, 0.25) is 0 Å². The van der Waals surface area contributed by atoms with E-state index < -0.39 is 0 Å². The fourth-order valence-corrected chi connectivity index (χ4v) is 5.26. The van der Waals surface area contributed by atoms with Crippen molar-refractivity contribution in [3.8, 4) is 5.75 Å². The number of ether oxygens (including phenoxy) is 1. The van der Waals surface area contributed by atoms with Gasteiger partial charge in [0.15, 0.2) is 5.65 Å². The molecule has 0 bridgehead atoms. The van der Waals surface area contributed by atoms with E-state index in [1.54, 1.807) is 26.4 Å². The summed E-state index contributed by atoms with van der Waals surface area (Å²) in [4.78, 5) is 25.4. The lowest BCUT2D eigenvalue weighted by molar-refractivity contribution is -0.129. The number of anilines is 2. The van der Waals surface area contributed by atoms with E-state index in [1.807, 2.05) is 16.5 Å². The summed E-state index contributed by atoms with van der Waals surface area (Å²) in [6.07, 6.45) is 6.07. The largest absolute Gasteiger partial charge is 0.495 e. The number of nitrogens with zero attached hydrogens (tertiary/aromatic N) is 6. The second kappa shape index (κ2) is 9.79. The van der Waals surface area contributed by atoms with Crippen LogP contribution in [-0.4, -0.2) is 79.5 Å². The van der Waals surface area contributed by atoms with Gasteiger partial charge in [0.25, 0.3) is 0 Å². The summed E-state index contributed by atoms with van der Waals surface area (Å²) in [5.74, 6) is 1.31.